The Bertz CT molecular complexity index is 613. The highest BCUT2D eigenvalue weighted by Gasteiger charge is 2.18. The predicted octanol–water partition coefficient (Wildman–Crippen LogP) is 5.94. The molecule has 1 nitrogen and oxygen atoms in total. The van der Waals surface area contributed by atoms with Gasteiger partial charge in [0, 0.05) is 10.6 Å². The minimum Gasteiger partial charge on any atom is -0.495 e. The van der Waals surface area contributed by atoms with Gasteiger partial charge in [-0.05, 0) is 52.5 Å². The third-order valence-corrected chi connectivity index (χ3v) is 4.44. The summed E-state index contributed by atoms with van der Waals surface area (Å²) >= 11 is 16.2. The lowest BCUT2D eigenvalue weighted by molar-refractivity contribution is 0.406. The van der Waals surface area contributed by atoms with E-state index in [9.17, 15) is 0 Å². The molecule has 2 rings (SSSR count). The zero-order valence-electron chi connectivity index (χ0n) is 11.3. The zero-order valence-corrected chi connectivity index (χ0v) is 14.4. The SMILES string of the molecule is COc1c(Br)cc(Cl)cc1C(Cl)Cc1ccccc1C. The molecule has 0 aliphatic heterocycles. The maximum atomic E-state index is 6.58. The van der Waals surface area contributed by atoms with Crippen molar-refractivity contribution in [2.75, 3.05) is 7.11 Å². The number of alkyl halides is 1. The lowest BCUT2D eigenvalue weighted by Crippen LogP contribution is -2.01. The summed E-state index contributed by atoms with van der Waals surface area (Å²) in [5, 5.41) is 0.448. The number of aryl methyl sites for hydroxylation is 1. The van der Waals surface area contributed by atoms with E-state index in [1.165, 1.54) is 11.1 Å². The summed E-state index contributed by atoms with van der Waals surface area (Å²) in [5.74, 6) is 0.739. The van der Waals surface area contributed by atoms with Gasteiger partial charge >= 0.3 is 0 Å². The highest BCUT2D eigenvalue weighted by Crippen LogP contribution is 2.39. The number of halogens is 3. The summed E-state index contributed by atoms with van der Waals surface area (Å²) in [6, 6.07) is 11.9. The number of benzene rings is 2. The topological polar surface area (TPSA) is 9.23 Å². The fraction of sp³-hybridized carbons (Fsp3) is 0.250. The lowest BCUT2D eigenvalue weighted by atomic mass is 9.99. The molecule has 106 valence electrons. The van der Waals surface area contributed by atoms with Gasteiger partial charge < -0.3 is 4.74 Å². The Morgan fingerprint density at radius 3 is 2.60 bits per heavy atom. The molecule has 20 heavy (non-hydrogen) atoms. The summed E-state index contributed by atoms with van der Waals surface area (Å²) < 4.78 is 6.25. The van der Waals surface area contributed by atoms with Crippen molar-refractivity contribution in [3.63, 3.8) is 0 Å². The van der Waals surface area contributed by atoms with Crippen molar-refractivity contribution in [2.45, 2.75) is 18.7 Å². The van der Waals surface area contributed by atoms with E-state index < -0.39 is 0 Å². The molecule has 0 aliphatic rings. The van der Waals surface area contributed by atoms with Crippen LogP contribution in [0.5, 0.6) is 5.75 Å². The number of methoxy groups -OCH3 is 1. The molecule has 2 aromatic rings. The Morgan fingerprint density at radius 1 is 1.25 bits per heavy atom. The summed E-state index contributed by atoms with van der Waals surface area (Å²) in [7, 11) is 1.63. The molecule has 0 radical (unpaired) electrons. The standard InChI is InChI=1S/C16H15BrCl2O/c1-10-5-3-4-6-11(10)7-15(19)13-8-12(18)9-14(17)16(13)20-2/h3-6,8-9,15H,7H2,1-2H3. The molecule has 0 heterocycles. The van der Waals surface area contributed by atoms with Gasteiger partial charge in [-0.2, -0.15) is 0 Å². The van der Waals surface area contributed by atoms with Gasteiger partial charge in [-0.15, -0.1) is 11.6 Å². The predicted molar refractivity (Wildman–Crippen MR) is 89.2 cm³/mol. The first-order valence-corrected chi connectivity index (χ1v) is 7.85. The van der Waals surface area contributed by atoms with Crippen LogP contribution in [-0.4, -0.2) is 7.11 Å². The summed E-state index contributed by atoms with van der Waals surface area (Å²) in [6.45, 7) is 2.09. The minimum absolute atomic E-state index is 0.193. The van der Waals surface area contributed by atoms with Crippen LogP contribution in [0, 0.1) is 6.92 Å². The van der Waals surface area contributed by atoms with Crippen molar-refractivity contribution in [1.82, 2.24) is 0 Å². The fourth-order valence-electron chi connectivity index (χ4n) is 2.17. The van der Waals surface area contributed by atoms with E-state index in [4.69, 9.17) is 27.9 Å². The molecule has 0 fully saturated rings. The fourth-order valence-corrected chi connectivity index (χ4v) is 3.49. The number of hydrogen-bond donors (Lipinski definition) is 0. The summed E-state index contributed by atoms with van der Waals surface area (Å²) in [6.07, 6.45) is 0.734. The maximum Gasteiger partial charge on any atom is 0.137 e. The van der Waals surface area contributed by atoms with Gasteiger partial charge in [0.2, 0.25) is 0 Å². The van der Waals surface area contributed by atoms with Gasteiger partial charge in [0.25, 0.3) is 0 Å². The molecule has 0 N–H and O–H groups in total. The molecule has 4 heteroatoms. The Morgan fingerprint density at radius 2 is 1.95 bits per heavy atom. The van der Waals surface area contributed by atoms with Crippen LogP contribution >= 0.6 is 39.1 Å². The number of ether oxygens (including phenoxy) is 1. The maximum absolute atomic E-state index is 6.58. The Balaban J connectivity index is 2.34. The highest BCUT2D eigenvalue weighted by molar-refractivity contribution is 9.10. The molecule has 0 spiro atoms. The first-order chi connectivity index (χ1) is 9.52. The molecular formula is C16H15BrCl2O. The van der Waals surface area contributed by atoms with Crippen LogP contribution in [0.2, 0.25) is 5.02 Å². The first-order valence-electron chi connectivity index (χ1n) is 6.24. The van der Waals surface area contributed by atoms with E-state index >= 15 is 0 Å². The third-order valence-electron chi connectivity index (χ3n) is 3.24. The highest BCUT2D eigenvalue weighted by atomic mass is 79.9. The van der Waals surface area contributed by atoms with Crippen molar-refractivity contribution in [3.05, 3.63) is 62.6 Å². The molecular weight excluding hydrogens is 359 g/mol. The zero-order chi connectivity index (χ0) is 14.7. The minimum atomic E-state index is -0.193. The molecule has 2 aromatic carbocycles. The van der Waals surface area contributed by atoms with Gasteiger partial charge in [-0.1, -0.05) is 35.9 Å². The second-order valence-corrected chi connectivity index (χ2v) is 6.43. The van der Waals surface area contributed by atoms with Crippen molar-refractivity contribution < 1.29 is 4.74 Å². The molecule has 0 aromatic heterocycles. The van der Waals surface area contributed by atoms with Gasteiger partial charge in [0.15, 0.2) is 0 Å². The van der Waals surface area contributed by atoms with Crippen LogP contribution in [0.3, 0.4) is 0 Å². The second kappa shape index (κ2) is 6.84. The van der Waals surface area contributed by atoms with Gasteiger partial charge in [0.1, 0.15) is 5.75 Å². The van der Waals surface area contributed by atoms with Crippen LogP contribution in [0.15, 0.2) is 40.9 Å². The van der Waals surface area contributed by atoms with Crippen molar-refractivity contribution in [2.24, 2.45) is 0 Å². The molecule has 0 bridgehead atoms. The normalized spacial score (nSPS) is 12.2. The smallest absolute Gasteiger partial charge is 0.137 e. The Kier molecular flexibility index (Phi) is 5.36. The van der Waals surface area contributed by atoms with Crippen LogP contribution in [0.25, 0.3) is 0 Å². The van der Waals surface area contributed by atoms with Gasteiger partial charge in [0.05, 0.1) is 17.0 Å². The van der Waals surface area contributed by atoms with Crippen molar-refractivity contribution in [1.29, 1.82) is 0 Å². The summed E-state index contributed by atoms with van der Waals surface area (Å²) in [4.78, 5) is 0. The first kappa shape index (κ1) is 15.7. The Labute approximate surface area is 138 Å². The molecule has 0 saturated carbocycles. The van der Waals surface area contributed by atoms with E-state index in [0.717, 1.165) is 22.2 Å². The van der Waals surface area contributed by atoms with E-state index in [0.29, 0.717) is 5.02 Å². The lowest BCUT2D eigenvalue weighted by Gasteiger charge is -2.17. The molecule has 0 amide bonds. The quantitative estimate of drug-likeness (QED) is 0.602. The van der Waals surface area contributed by atoms with Crippen LogP contribution < -0.4 is 4.74 Å². The van der Waals surface area contributed by atoms with E-state index in [-0.39, 0.29) is 5.38 Å². The van der Waals surface area contributed by atoms with Crippen LogP contribution in [-0.2, 0) is 6.42 Å². The largest absolute Gasteiger partial charge is 0.495 e. The van der Waals surface area contributed by atoms with Crippen molar-refractivity contribution >= 4 is 39.1 Å². The monoisotopic (exact) mass is 372 g/mol. The van der Waals surface area contributed by atoms with Gasteiger partial charge in [-0.25, -0.2) is 0 Å². The van der Waals surface area contributed by atoms with E-state index in [1.807, 2.05) is 18.2 Å². The average molecular weight is 374 g/mol. The van der Waals surface area contributed by atoms with Crippen LogP contribution in [0.4, 0.5) is 0 Å². The molecule has 0 saturated heterocycles. The molecule has 1 atom stereocenters. The molecule has 0 aliphatic carbocycles. The number of hydrogen-bond acceptors (Lipinski definition) is 1. The Hall–Kier alpha value is -0.700. The van der Waals surface area contributed by atoms with Crippen molar-refractivity contribution in [3.8, 4) is 5.75 Å². The molecule has 1 unspecified atom stereocenters. The third kappa shape index (κ3) is 3.49. The average Bonchev–Trinajstić information content (AvgIpc) is 2.40. The van der Waals surface area contributed by atoms with E-state index in [1.54, 1.807) is 13.2 Å². The summed E-state index contributed by atoms with van der Waals surface area (Å²) in [5.41, 5.74) is 3.36. The van der Waals surface area contributed by atoms with E-state index in [2.05, 4.69) is 35.0 Å². The van der Waals surface area contributed by atoms with Gasteiger partial charge in [-0.3, -0.25) is 0 Å². The number of rotatable bonds is 4. The van der Waals surface area contributed by atoms with Crippen LogP contribution in [0.1, 0.15) is 22.1 Å². The second-order valence-electron chi connectivity index (χ2n) is 4.61.